The topological polar surface area (TPSA) is 85.3 Å². The van der Waals surface area contributed by atoms with Crippen molar-refractivity contribution in [3.05, 3.63) is 0 Å². The first-order valence-electron chi connectivity index (χ1n) is 9.80. The van der Waals surface area contributed by atoms with E-state index in [9.17, 15) is 21.6 Å². The van der Waals surface area contributed by atoms with Crippen molar-refractivity contribution >= 4 is 25.5 Å². The third-order valence-electron chi connectivity index (χ3n) is 6.59. The van der Waals surface area contributed by atoms with Crippen LogP contribution in [0.25, 0.3) is 0 Å². The van der Waals surface area contributed by atoms with E-state index < -0.39 is 34.3 Å². The molecule has 0 radical (unpaired) electrons. The Morgan fingerprint density at radius 1 is 0.640 bits per heavy atom. The van der Waals surface area contributed by atoms with Crippen LogP contribution in [0.3, 0.4) is 0 Å². The second-order valence-corrected chi connectivity index (χ2v) is 13.4. The molecule has 0 heterocycles. The fraction of sp³-hybridized carbons (Fsp3) is 0.944. The molecule has 3 rings (SSSR count). The molecule has 3 saturated carbocycles. The average Bonchev–Trinajstić information content (AvgIpc) is 2.63. The largest absolute Gasteiger partial charge is 0.300 e. The highest BCUT2D eigenvalue weighted by Gasteiger charge is 2.60. The van der Waals surface area contributed by atoms with Crippen LogP contribution in [0.1, 0.15) is 89.9 Å². The van der Waals surface area contributed by atoms with E-state index in [0.717, 1.165) is 38.5 Å². The highest BCUT2D eigenvalue weighted by Crippen LogP contribution is 2.47. The molecule has 0 atom stereocenters. The quantitative estimate of drug-likeness (QED) is 0.735. The summed E-state index contributed by atoms with van der Waals surface area (Å²) in [7, 11) is -7.63. The summed E-state index contributed by atoms with van der Waals surface area (Å²) in [4.78, 5) is 11.8. The van der Waals surface area contributed by atoms with Crippen LogP contribution in [-0.4, -0.2) is 37.2 Å². The van der Waals surface area contributed by atoms with Crippen LogP contribution in [-0.2, 0) is 24.5 Å². The highest BCUT2D eigenvalue weighted by molar-refractivity contribution is 8.10. The van der Waals surface area contributed by atoms with Gasteiger partial charge in [-0.15, -0.1) is 0 Å². The van der Waals surface area contributed by atoms with Gasteiger partial charge in [-0.25, -0.2) is 16.8 Å². The number of sulfone groups is 2. The molecule has 0 amide bonds. The number of Topliss-reactive ketones (excluding diaryl/α,β-unsaturated/α-hetero) is 1. The lowest BCUT2D eigenvalue weighted by Crippen LogP contribution is -2.56. The normalized spacial score (nSPS) is 27.3. The van der Waals surface area contributed by atoms with Crippen LogP contribution in [0, 0.1) is 0 Å². The Balaban J connectivity index is 2.02. The minimum atomic E-state index is -3.82. The van der Waals surface area contributed by atoms with Crippen molar-refractivity contribution in [1.82, 2.24) is 0 Å². The van der Waals surface area contributed by atoms with Crippen LogP contribution in [0.4, 0.5) is 0 Å². The van der Waals surface area contributed by atoms with Gasteiger partial charge in [0.15, 0.2) is 23.8 Å². The second-order valence-electron chi connectivity index (χ2n) is 8.06. The van der Waals surface area contributed by atoms with Crippen molar-refractivity contribution < 1.29 is 21.6 Å². The zero-order chi connectivity index (χ0) is 18.1. The fourth-order valence-electron chi connectivity index (χ4n) is 5.00. The predicted molar refractivity (Wildman–Crippen MR) is 97.8 cm³/mol. The van der Waals surface area contributed by atoms with Gasteiger partial charge >= 0.3 is 0 Å². The molecule has 7 heteroatoms. The van der Waals surface area contributed by atoms with Crippen LogP contribution in [0.15, 0.2) is 0 Å². The lowest BCUT2D eigenvalue weighted by Gasteiger charge is -2.41. The summed E-state index contributed by atoms with van der Waals surface area (Å²) in [5, 5.41) is -1.10. The van der Waals surface area contributed by atoms with Gasteiger partial charge in [-0.05, 0) is 38.5 Å². The molecule has 0 unspecified atom stereocenters. The van der Waals surface area contributed by atoms with Gasteiger partial charge in [0.25, 0.3) is 0 Å². The van der Waals surface area contributed by atoms with E-state index in [-0.39, 0.29) is 31.5 Å². The molecule has 3 fully saturated rings. The molecule has 0 spiro atoms. The molecule has 0 aromatic heterocycles. The van der Waals surface area contributed by atoms with Crippen LogP contribution in [0.5, 0.6) is 0 Å². The van der Waals surface area contributed by atoms with E-state index in [2.05, 4.69) is 0 Å². The Labute approximate surface area is 151 Å². The van der Waals surface area contributed by atoms with Crippen LogP contribution >= 0.6 is 0 Å². The van der Waals surface area contributed by atoms with Crippen LogP contribution < -0.4 is 0 Å². The number of ketones is 1. The number of hydrogen-bond acceptors (Lipinski definition) is 5. The van der Waals surface area contributed by atoms with Gasteiger partial charge in [-0.3, -0.25) is 4.79 Å². The maximum atomic E-state index is 13.6. The third-order valence-corrected chi connectivity index (χ3v) is 13.6. The molecule has 3 aliphatic carbocycles. The average molecular weight is 391 g/mol. The number of hydrogen-bond donors (Lipinski definition) is 0. The Kier molecular flexibility index (Phi) is 5.64. The number of carbonyl (C=O) groups excluding carboxylic acids is 1. The van der Waals surface area contributed by atoms with Crippen molar-refractivity contribution in [3.8, 4) is 0 Å². The Hall–Kier alpha value is -0.430. The van der Waals surface area contributed by atoms with Crippen molar-refractivity contribution in [2.45, 2.75) is 104 Å². The number of carbonyl (C=O) groups is 1. The monoisotopic (exact) mass is 390 g/mol. The van der Waals surface area contributed by atoms with E-state index in [0.29, 0.717) is 25.7 Å². The molecule has 0 aromatic rings. The second kappa shape index (κ2) is 7.29. The number of rotatable bonds is 4. The maximum Gasteiger partial charge on any atom is 0.174 e. The highest BCUT2D eigenvalue weighted by atomic mass is 32.3. The molecular weight excluding hydrogens is 360 g/mol. The summed E-state index contributed by atoms with van der Waals surface area (Å²) in [6, 6.07) is 0. The molecule has 25 heavy (non-hydrogen) atoms. The molecule has 5 nitrogen and oxygen atoms in total. The van der Waals surface area contributed by atoms with Gasteiger partial charge in [0.1, 0.15) is 5.78 Å². The first kappa shape index (κ1) is 19.3. The SMILES string of the molecule is O=C1CCC(S(=O)(=O)C2CCCCC2)(S(=O)(=O)C2CCCCC2)CC1. The molecular formula is C18H30O5S2. The van der Waals surface area contributed by atoms with E-state index >= 15 is 0 Å². The molecule has 0 N–H and O–H groups in total. The lowest BCUT2D eigenvalue weighted by atomic mass is 9.98. The molecule has 0 saturated heterocycles. The molecule has 144 valence electrons. The Morgan fingerprint density at radius 2 is 1.00 bits per heavy atom. The molecule has 0 aromatic carbocycles. The van der Waals surface area contributed by atoms with Gasteiger partial charge in [0.2, 0.25) is 0 Å². The first-order chi connectivity index (χ1) is 11.8. The summed E-state index contributed by atoms with van der Waals surface area (Å²) in [6.07, 6.45) is 7.82. The van der Waals surface area contributed by atoms with Gasteiger partial charge in [0.05, 0.1) is 10.5 Å². The van der Waals surface area contributed by atoms with Crippen LogP contribution in [0.2, 0.25) is 0 Å². The third kappa shape index (κ3) is 3.31. The van der Waals surface area contributed by atoms with Crippen molar-refractivity contribution in [3.63, 3.8) is 0 Å². The van der Waals surface area contributed by atoms with Crippen molar-refractivity contribution in [1.29, 1.82) is 0 Å². The standard InChI is InChI=1S/C18H30O5S2/c19-15-11-13-18(14-12-15,24(20,21)16-7-3-1-4-8-16)25(22,23)17-9-5-2-6-10-17/h16-17H,1-14H2. The van der Waals surface area contributed by atoms with Crippen molar-refractivity contribution in [2.75, 3.05) is 0 Å². The maximum absolute atomic E-state index is 13.6. The Morgan fingerprint density at radius 3 is 1.36 bits per heavy atom. The summed E-state index contributed by atoms with van der Waals surface area (Å²) < 4.78 is 52.6. The van der Waals surface area contributed by atoms with Gasteiger partial charge in [-0.2, -0.15) is 0 Å². The molecule has 0 bridgehead atoms. The first-order valence-corrected chi connectivity index (χ1v) is 12.9. The van der Waals surface area contributed by atoms with Gasteiger partial charge in [-0.1, -0.05) is 38.5 Å². The smallest absolute Gasteiger partial charge is 0.174 e. The molecule has 0 aliphatic heterocycles. The Bertz CT molecular complexity index is 636. The zero-order valence-corrected chi connectivity index (χ0v) is 16.5. The van der Waals surface area contributed by atoms with Gasteiger partial charge < -0.3 is 0 Å². The minimum Gasteiger partial charge on any atom is -0.300 e. The minimum absolute atomic E-state index is 0.00619. The fourth-order valence-corrected chi connectivity index (χ4v) is 11.8. The van der Waals surface area contributed by atoms with E-state index in [4.69, 9.17) is 0 Å². The van der Waals surface area contributed by atoms with Crippen molar-refractivity contribution in [2.24, 2.45) is 0 Å². The van der Waals surface area contributed by atoms with E-state index in [1.807, 2.05) is 0 Å². The molecule has 3 aliphatic rings. The summed E-state index contributed by atoms with van der Waals surface area (Å²) >= 11 is 0. The zero-order valence-electron chi connectivity index (χ0n) is 14.9. The predicted octanol–water partition coefficient (Wildman–Crippen LogP) is 3.32. The summed E-state index contributed by atoms with van der Waals surface area (Å²) in [5.41, 5.74) is 0. The van der Waals surface area contributed by atoms with E-state index in [1.165, 1.54) is 0 Å². The summed E-state index contributed by atoms with van der Waals surface area (Å²) in [6.45, 7) is 0. The van der Waals surface area contributed by atoms with Gasteiger partial charge in [0, 0.05) is 12.8 Å². The lowest BCUT2D eigenvalue weighted by molar-refractivity contribution is -0.120. The van der Waals surface area contributed by atoms with E-state index in [1.54, 1.807) is 0 Å². The summed E-state index contributed by atoms with van der Waals surface area (Å²) in [5.74, 6) is -0.00619.